The van der Waals surface area contributed by atoms with Crippen molar-refractivity contribution in [3.63, 3.8) is 0 Å². The van der Waals surface area contributed by atoms with E-state index in [1.807, 2.05) is 19.1 Å². The molecule has 0 aromatic heterocycles. The SMILES string of the molecule is C=CC(C)/C=C/C.CC/C(C)=C(\C)SNc1c(C)cc(C)cc1C. The third-order valence-electron chi connectivity index (χ3n) is 3.98. The van der Waals surface area contributed by atoms with E-state index in [-0.39, 0.29) is 0 Å². The highest BCUT2D eigenvalue weighted by Crippen LogP contribution is 2.28. The van der Waals surface area contributed by atoms with E-state index in [0.717, 1.165) is 6.42 Å². The molecule has 0 aliphatic carbocycles. The van der Waals surface area contributed by atoms with Gasteiger partial charge in [0.25, 0.3) is 0 Å². The lowest BCUT2D eigenvalue weighted by atomic mass is 10.1. The molecule has 1 aromatic rings. The van der Waals surface area contributed by atoms with Crippen LogP contribution >= 0.6 is 11.9 Å². The predicted molar refractivity (Wildman–Crippen MR) is 115 cm³/mol. The second kappa shape index (κ2) is 12.0. The number of nitrogens with one attached hydrogen (secondary N) is 1. The second-order valence-electron chi connectivity index (χ2n) is 6.29. The van der Waals surface area contributed by atoms with E-state index in [1.165, 1.54) is 32.9 Å². The molecular weight excluding hydrogens is 310 g/mol. The van der Waals surface area contributed by atoms with Gasteiger partial charge in [0.2, 0.25) is 0 Å². The van der Waals surface area contributed by atoms with E-state index in [0.29, 0.717) is 5.92 Å². The van der Waals surface area contributed by atoms with Crippen LogP contribution in [0.15, 0.2) is 47.4 Å². The second-order valence-corrected chi connectivity index (χ2v) is 7.31. The molecule has 24 heavy (non-hydrogen) atoms. The lowest BCUT2D eigenvalue weighted by Crippen LogP contribution is -1.95. The summed E-state index contributed by atoms with van der Waals surface area (Å²) >= 11 is 1.73. The molecule has 0 heterocycles. The minimum absolute atomic E-state index is 0.532. The zero-order valence-electron chi connectivity index (χ0n) is 16.8. The molecule has 1 N–H and O–H groups in total. The van der Waals surface area contributed by atoms with Crippen molar-refractivity contribution in [3.8, 4) is 0 Å². The normalized spacial score (nSPS) is 13.0. The van der Waals surface area contributed by atoms with Gasteiger partial charge in [-0.15, -0.1) is 6.58 Å². The van der Waals surface area contributed by atoms with Gasteiger partial charge in [-0.2, -0.15) is 0 Å². The topological polar surface area (TPSA) is 12.0 Å². The molecule has 1 atom stereocenters. The van der Waals surface area contributed by atoms with E-state index in [1.54, 1.807) is 11.9 Å². The minimum Gasteiger partial charge on any atom is -0.325 e. The van der Waals surface area contributed by atoms with Crippen LogP contribution in [0.2, 0.25) is 0 Å². The summed E-state index contributed by atoms with van der Waals surface area (Å²) in [6.07, 6.45) is 7.17. The van der Waals surface area contributed by atoms with Crippen LogP contribution < -0.4 is 4.72 Å². The smallest absolute Gasteiger partial charge is 0.0502 e. The third kappa shape index (κ3) is 8.44. The maximum atomic E-state index is 3.63. The summed E-state index contributed by atoms with van der Waals surface area (Å²) in [7, 11) is 0. The first-order valence-electron chi connectivity index (χ1n) is 8.69. The largest absolute Gasteiger partial charge is 0.325 e. The average molecular weight is 346 g/mol. The highest BCUT2D eigenvalue weighted by atomic mass is 32.2. The number of allylic oxidation sites excluding steroid dienone is 5. The van der Waals surface area contributed by atoms with Crippen LogP contribution in [0.5, 0.6) is 0 Å². The number of benzene rings is 1. The highest BCUT2D eigenvalue weighted by molar-refractivity contribution is 8.04. The molecule has 1 unspecified atom stereocenters. The fourth-order valence-electron chi connectivity index (χ4n) is 2.19. The Morgan fingerprint density at radius 1 is 1.21 bits per heavy atom. The Labute approximate surface area is 154 Å². The lowest BCUT2D eigenvalue weighted by Gasteiger charge is -2.14. The quantitative estimate of drug-likeness (QED) is 0.417. The van der Waals surface area contributed by atoms with Crippen LogP contribution in [0, 0.1) is 26.7 Å². The van der Waals surface area contributed by atoms with Crippen LogP contribution in [0.25, 0.3) is 0 Å². The van der Waals surface area contributed by atoms with E-state index in [4.69, 9.17) is 0 Å². The molecule has 0 saturated carbocycles. The molecular formula is C22H35NS. The molecule has 2 heteroatoms. The molecule has 0 saturated heterocycles. The van der Waals surface area contributed by atoms with Crippen molar-refractivity contribution in [2.45, 2.75) is 61.8 Å². The first kappa shape index (κ1) is 22.6. The van der Waals surface area contributed by atoms with Crippen molar-refractivity contribution < 1.29 is 0 Å². The molecule has 0 bridgehead atoms. The van der Waals surface area contributed by atoms with E-state index < -0.39 is 0 Å². The van der Waals surface area contributed by atoms with Crippen molar-refractivity contribution in [1.82, 2.24) is 0 Å². The molecule has 134 valence electrons. The molecule has 0 radical (unpaired) electrons. The van der Waals surface area contributed by atoms with Crippen molar-refractivity contribution in [2.75, 3.05) is 4.72 Å². The van der Waals surface area contributed by atoms with Gasteiger partial charge in [0.15, 0.2) is 0 Å². The Morgan fingerprint density at radius 3 is 2.12 bits per heavy atom. The number of hydrogen-bond acceptors (Lipinski definition) is 2. The van der Waals surface area contributed by atoms with Gasteiger partial charge in [0.05, 0.1) is 5.69 Å². The Kier molecular flexibility index (Phi) is 11.3. The van der Waals surface area contributed by atoms with Gasteiger partial charge in [-0.05, 0) is 77.0 Å². The predicted octanol–water partition coefficient (Wildman–Crippen LogP) is 7.76. The lowest BCUT2D eigenvalue weighted by molar-refractivity contribution is 0.941. The number of anilines is 1. The molecule has 0 amide bonds. The maximum Gasteiger partial charge on any atom is 0.0502 e. The molecule has 1 rings (SSSR count). The fourth-order valence-corrected chi connectivity index (χ4v) is 3.08. The molecule has 0 spiro atoms. The van der Waals surface area contributed by atoms with Crippen LogP contribution in [0.1, 0.15) is 57.7 Å². The van der Waals surface area contributed by atoms with Gasteiger partial charge >= 0.3 is 0 Å². The third-order valence-corrected chi connectivity index (χ3v) is 4.94. The summed E-state index contributed by atoms with van der Waals surface area (Å²) in [6.45, 7) is 20.8. The van der Waals surface area contributed by atoms with Gasteiger partial charge in [-0.25, -0.2) is 0 Å². The highest BCUT2D eigenvalue weighted by Gasteiger charge is 2.04. The summed E-state index contributed by atoms with van der Waals surface area (Å²) in [5.74, 6) is 0.532. The van der Waals surface area contributed by atoms with E-state index in [2.05, 4.69) is 78.0 Å². The zero-order chi connectivity index (χ0) is 18.7. The monoisotopic (exact) mass is 345 g/mol. The Morgan fingerprint density at radius 2 is 1.75 bits per heavy atom. The molecule has 1 nitrogen and oxygen atoms in total. The van der Waals surface area contributed by atoms with Crippen molar-refractivity contribution in [1.29, 1.82) is 0 Å². The maximum absolute atomic E-state index is 3.63. The molecule has 0 aliphatic heterocycles. The molecule has 0 aliphatic rings. The summed E-state index contributed by atoms with van der Waals surface area (Å²) in [5.41, 5.74) is 6.66. The molecule has 1 aromatic carbocycles. The standard InChI is InChI=1S/C15H23NS.C7H12/c1-7-11(3)14(6)17-16-15-12(4)8-10(2)9-13(15)5;1-4-6-7(3)5-2/h8-9,16H,7H2,1-6H3;4-7H,2H2,1,3H3/b14-11+;6-4+. The first-order valence-corrected chi connectivity index (χ1v) is 9.50. The van der Waals surface area contributed by atoms with Crippen molar-refractivity contribution >= 4 is 17.6 Å². The van der Waals surface area contributed by atoms with Crippen LogP contribution in [0.4, 0.5) is 5.69 Å². The van der Waals surface area contributed by atoms with E-state index >= 15 is 0 Å². The summed E-state index contributed by atoms with van der Waals surface area (Å²) in [5, 5.41) is 0. The number of rotatable bonds is 6. The van der Waals surface area contributed by atoms with Gasteiger partial charge < -0.3 is 4.72 Å². The van der Waals surface area contributed by atoms with Crippen LogP contribution in [0.3, 0.4) is 0 Å². The van der Waals surface area contributed by atoms with E-state index in [9.17, 15) is 0 Å². The van der Waals surface area contributed by atoms with Gasteiger partial charge in [0, 0.05) is 4.91 Å². The molecule has 0 fully saturated rings. The summed E-state index contributed by atoms with van der Waals surface area (Å²) in [6, 6.07) is 4.45. The summed E-state index contributed by atoms with van der Waals surface area (Å²) in [4.78, 5) is 1.37. The zero-order valence-corrected chi connectivity index (χ0v) is 17.6. The van der Waals surface area contributed by atoms with Crippen LogP contribution in [-0.4, -0.2) is 0 Å². The Bertz CT molecular complexity index is 559. The van der Waals surface area contributed by atoms with Crippen molar-refractivity contribution in [3.05, 3.63) is 64.1 Å². The first-order chi connectivity index (χ1) is 11.3. The van der Waals surface area contributed by atoms with Gasteiger partial charge in [-0.3, -0.25) is 0 Å². The van der Waals surface area contributed by atoms with Gasteiger partial charge in [0.1, 0.15) is 0 Å². The minimum atomic E-state index is 0.532. The van der Waals surface area contributed by atoms with Gasteiger partial charge in [-0.1, -0.05) is 55.3 Å². The van der Waals surface area contributed by atoms with Crippen LogP contribution in [-0.2, 0) is 0 Å². The average Bonchev–Trinajstić information content (AvgIpc) is 2.53. The number of hydrogen-bond donors (Lipinski definition) is 1. The van der Waals surface area contributed by atoms with Crippen molar-refractivity contribution in [2.24, 2.45) is 5.92 Å². The number of aryl methyl sites for hydroxylation is 3. The Hall–Kier alpha value is -1.41. The summed E-state index contributed by atoms with van der Waals surface area (Å²) < 4.78 is 3.48. The Balaban J connectivity index is 0.000000640. The fraction of sp³-hybridized carbons (Fsp3) is 0.455.